The summed E-state index contributed by atoms with van der Waals surface area (Å²) in [6.07, 6.45) is 4.82. The fraction of sp³-hybridized carbons (Fsp3) is 0.696. The minimum Gasteiger partial charge on any atom is -0.381 e. The lowest BCUT2D eigenvalue weighted by Crippen LogP contribution is -2.55. The van der Waals surface area contributed by atoms with Crippen molar-refractivity contribution in [2.24, 2.45) is 4.99 Å². The first kappa shape index (κ1) is 21.7. The number of guanidine groups is 1. The molecule has 0 unspecified atom stereocenters. The molecule has 1 aromatic rings. The van der Waals surface area contributed by atoms with E-state index in [0.717, 1.165) is 82.0 Å². The van der Waals surface area contributed by atoms with Crippen molar-refractivity contribution >= 4 is 23.2 Å². The molecule has 3 fully saturated rings. The first-order chi connectivity index (χ1) is 14.7. The Morgan fingerprint density at radius 1 is 1.07 bits per heavy atom. The van der Waals surface area contributed by atoms with Gasteiger partial charge in [0, 0.05) is 51.5 Å². The van der Waals surface area contributed by atoms with Gasteiger partial charge in [0.15, 0.2) is 5.96 Å². The number of nitrogens with zero attached hydrogens (tertiary/aromatic N) is 4. The van der Waals surface area contributed by atoms with E-state index in [1.165, 1.54) is 25.9 Å². The molecular weight excluding hydrogens is 398 g/mol. The van der Waals surface area contributed by atoms with E-state index in [2.05, 4.69) is 39.1 Å². The minimum absolute atomic E-state index is 0.175. The SMILES string of the molecule is CCNC(=NCC1(N2CCCC2)CCOCC1)N1CCN(c2ccccc2Cl)CC1. The first-order valence-electron chi connectivity index (χ1n) is 11.6. The Balaban J connectivity index is 1.43. The minimum atomic E-state index is 0.175. The molecule has 7 heteroatoms. The number of anilines is 1. The van der Waals surface area contributed by atoms with Gasteiger partial charge in [0.25, 0.3) is 0 Å². The molecule has 1 N–H and O–H groups in total. The van der Waals surface area contributed by atoms with Gasteiger partial charge < -0.3 is 19.9 Å². The predicted octanol–water partition coefficient (Wildman–Crippen LogP) is 3.07. The van der Waals surface area contributed by atoms with Gasteiger partial charge in [-0.1, -0.05) is 23.7 Å². The Morgan fingerprint density at radius 3 is 2.43 bits per heavy atom. The summed E-state index contributed by atoms with van der Waals surface area (Å²) in [5, 5.41) is 4.38. The number of piperazine rings is 1. The number of para-hydroxylation sites is 1. The van der Waals surface area contributed by atoms with Crippen LogP contribution in [0.15, 0.2) is 29.3 Å². The van der Waals surface area contributed by atoms with Crippen LogP contribution in [0.25, 0.3) is 0 Å². The third kappa shape index (κ3) is 4.87. The fourth-order valence-electron chi connectivity index (χ4n) is 5.03. The molecule has 6 nitrogen and oxygen atoms in total. The zero-order valence-corrected chi connectivity index (χ0v) is 19.0. The van der Waals surface area contributed by atoms with E-state index >= 15 is 0 Å². The number of ether oxygens (including phenoxy) is 1. The van der Waals surface area contributed by atoms with E-state index in [1.807, 2.05) is 12.1 Å². The summed E-state index contributed by atoms with van der Waals surface area (Å²) in [4.78, 5) is 12.7. The van der Waals surface area contributed by atoms with Crippen LogP contribution in [0.5, 0.6) is 0 Å². The van der Waals surface area contributed by atoms with Crippen molar-refractivity contribution in [3.05, 3.63) is 29.3 Å². The molecule has 0 amide bonds. The summed E-state index contributed by atoms with van der Waals surface area (Å²) in [5.74, 6) is 1.06. The topological polar surface area (TPSA) is 43.3 Å². The molecule has 0 radical (unpaired) electrons. The molecule has 30 heavy (non-hydrogen) atoms. The molecule has 0 aromatic heterocycles. The largest absolute Gasteiger partial charge is 0.381 e. The third-order valence-electron chi connectivity index (χ3n) is 6.83. The van der Waals surface area contributed by atoms with Crippen LogP contribution in [0.1, 0.15) is 32.6 Å². The molecule has 0 atom stereocenters. The van der Waals surface area contributed by atoms with Crippen LogP contribution in [0.3, 0.4) is 0 Å². The molecule has 3 heterocycles. The van der Waals surface area contributed by atoms with Crippen LogP contribution >= 0.6 is 11.6 Å². The van der Waals surface area contributed by atoms with Gasteiger partial charge in [-0.05, 0) is 57.8 Å². The normalized spacial score (nSPS) is 23.1. The quantitative estimate of drug-likeness (QED) is 0.571. The molecule has 1 aromatic carbocycles. The highest BCUT2D eigenvalue weighted by molar-refractivity contribution is 6.33. The summed E-state index contributed by atoms with van der Waals surface area (Å²) in [6, 6.07) is 8.14. The molecule has 3 aliphatic heterocycles. The van der Waals surface area contributed by atoms with E-state index in [9.17, 15) is 0 Å². The Labute approximate surface area is 186 Å². The van der Waals surface area contributed by atoms with Crippen molar-refractivity contribution < 1.29 is 4.74 Å². The standard InChI is InChI=1S/C23H36ClN5O/c1-2-25-22(26-19-23(9-17-30-18-10-23)29-11-5-6-12-29)28-15-13-27(14-16-28)21-8-4-3-7-20(21)24/h3-4,7-8H,2,5-6,9-19H2,1H3,(H,25,26). The summed E-state index contributed by atoms with van der Waals surface area (Å²) in [7, 11) is 0. The van der Waals surface area contributed by atoms with Crippen LogP contribution in [0.2, 0.25) is 5.02 Å². The van der Waals surface area contributed by atoms with Gasteiger partial charge in [-0.25, -0.2) is 0 Å². The van der Waals surface area contributed by atoms with E-state index in [1.54, 1.807) is 0 Å². The summed E-state index contributed by atoms with van der Waals surface area (Å²) in [5.41, 5.74) is 1.31. The van der Waals surface area contributed by atoms with Gasteiger partial charge in [0.1, 0.15) is 0 Å². The Bertz CT molecular complexity index is 707. The highest BCUT2D eigenvalue weighted by Crippen LogP contribution is 2.32. The molecule has 3 aliphatic rings. The lowest BCUT2D eigenvalue weighted by atomic mass is 9.88. The summed E-state index contributed by atoms with van der Waals surface area (Å²) < 4.78 is 5.70. The maximum Gasteiger partial charge on any atom is 0.194 e. The second-order valence-corrected chi connectivity index (χ2v) is 9.03. The van der Waals surface area contributed by atoms with Gasteiger partial charge in [-0.2, -0.15) is 0 Å². The lowest BCUT2D eigenvalue weighted by molar-refractivity contribution is -0.0139. The van der Waals surface area contributed by atoms with Crippen molar-refractivity contribution in [2.75, 3.05) is 70.5 Å². The fourth-order valence-corrected chi connectivity index (χ4v) is 5.29. The van der Waals surface area contributed by atoms with Gasteiger partial charge >= 0.3 is 0 Å². The van der Waals surface area contributed by atoms with Crippen molar-refractivity contribution in [1.29, 1.82) is 0 Å². The van der Waals surface area contributed by atoms with Crippen LogP contribution in [-0.2, 0) is 4.74 Å². The average molecular weight is 434 g/mol. The van der Waals surface area contributed by atoms with Gasteiger partial charge in [-0.3, -0.25) is 9.89 Å². The second kappa shape index (κ2) is 10.2. The highest BCUT2D eigenvalue weighted by atomic mass is 35.5. The average Bonchev–Trinajstić information content (AvgIpc) is 3.34. The molecule has 0 saturated carbocycles. The van der Waals surface area contributed by atoms with Crippen molar-refractivity contribution in [3.8, 4) is 0 Å². The number of benzene rings is 1. The Morgan fingerprint density at radius 2 is 1.77 bits per heavy atom. The van der Waals surface area contributed by atoms with Crippen LogP contribution in [0.4, 0.5) is 5.69 Å². The monoisotopic (exact) mass is 433 g/mol. The van der Waals surface area contributed by atoms with Crippen molar-refractivity contribution in [1.82, 2.24) is 15.1 Å². The van der Waals surface area contributed by atoms with Gasteiger partial charge in [0.05, 0.1) is 17.3 Å². The molecule has 3 saturated heterocycles. The van der Waals surface area contributed by atoms with Crippen LogP contribution in [-0.4, -0.2) is 86.9 Å². The Hall–Kier alpha value is -1.50. The maximum absolute atomic E-state index is 6.41. The van der Waals surface area contributed by atoms with Crippen LogP contribution < -0.4 is 10.2 Å². The number of likely N-dealkylation sites (tertiary alicyclic amines) is 1. The molecule has 0 aliphatic carbocycles. The Kier molecular flexibility index (Phi) is 7.39. The number of hydrogen-bond acceptors (Lipinski definition) is 4. The molecule has 0 bridgehead atoms. The summed E-state index contributed by atoms with van der Waals surface area (Å²) >= 11 is 6.41. The zero-order valence-electron chi connectivity index (χ0n) is 18.3. The zero-order chi connectivity index (χ0) is 20.8. The number of halogens is 1. The van der Waals surface area contributed by atoms with E-state index in [-0.39, 0.29) is 5.54 Å². The van der Waals surface area contributed by atoms with Gasteiger partial charge in [-0.15, -0.1) is 0 Å². The lowest BCUT2D eigenvalue weighted by Gasteiger charge is -2.44. The molecule has 4 rings (SSSR count). The second-order valence-electron chi connectivity index (χ2n) is 8.63. The number of nitrogens with one attached hydrogen (secondary N) is 1. The first-order valence-corrected chi connectivity index (χ1v) is 12.0. The maximum atomic E-state index is 6.41. The van der Waals surface area contributed by atoms with E-state index in [0.29, 0.717) is 0 Å². The molecule has 166 valence electrons. The third-order valence-corrected chi connectivity index (χ3v) is 7.15. The van der Waals surface area contributed by atoms with Crippen molar-refractivity contribution in [3.63, 3.8) is 0 Å². The van der Waals surface area contributed by atoms with Crippen LogP contribution in [0, 0.1) is 0 Å². The smallest absolute Gasteiger partial charge is 0.194 e. The number of aliphatic imine (C=N–C) groups is 1. The molecule has 0 spiro atoms. The highest BCUT2D eigenvalue weighted by Gasteiger charge is 2.39. The number of rotatable bonds is 5. The van der Waals surface area contributed by atoms with E-state index in [4.69, 9.17) is 21.3 Å². The van der Waals surface area contributed by atoms with E-state index < -0.39 is 0 Å². The van der Waals surface area contributed by atoms with Crippen molar-refractivity contribution in [2.45, 2.75) is 38.1 Å². The number of hydrogen-bond donors (Lipinski definition) is 1. The van der Waals surface area contributed by atoms with Gasteiger partial charge in [0.2, 0.25) is 0 Å². The summed E-state index contributed by atoms with van der Waals surface area (Å²) in [6.45, 7) is 11.9. The molecular formula is C23H36ClN5O. The predicted molar refractivity (Wildman–Crippen MR) is 125 cm³/mol.